The number of nitrogen functional groups attached to an aromatic ring is 1. The minimum atomic E-state index is 0.672. The summed E-state index contributed by atoms with van der Waals surface area (Å²) >= 11 is 3.24. The fraction of sp³-hybridized carbons (Fsp3) is 0.0714. The Bertz CT molecular complexity index is 707. The molecule has 1 aromatic carbocycles. The average Bonchev–Trinajstić information content (AvgIpc) is 3.11. The van der Waals surface area contributed by atoms with Gasteiger partial charge < -0.3 is 15.8 Å². The zero-order valence-corrected chi connectivity index (χ0v) is 12.4. The smallest absolute Gasteiger partial charge is 0.187 e. The zero-order chi connectivity index (χ0) is 13.9. The summed E-state index contributed by atoms with van der Waals surface area (Å²) in [6.45, 7) is 0. The van der Waals surface area contributed by atoms with Crippen molar-refractivity contribution in [3.8, 4) is 16.3 Å². The Hall–Kier alpha value is -2.05. The molecule has 0 bridgehead atoms. The van der Waals surface area contributed by atoms with E-state index < -0.39 is 0 Å². The second-order valence-corrected chi connectivity index (χ2v) is 5.91. The summed E-state index contributed by atoms with van der Waals surface area (Å²) in [7, 11) is 1.62. The van der Waals surface area contributed by atoms with Gasteiger partial charge in [-0.25, -0.2) is 4.98 Å². The number of rotatable bonds is 4. The van der Waals surface area contributed by atoms with Crippen molar-refractivity contribution in [1.29, 1.82) is 0 Å². The van der Waals surface area contributed by atoms with Crippen LogP contribution in [0.2, 0.25) is 0 Å². The molecule has 3 aromatic rings. The van der Waals surface area contributed by atoms with Gasteiger partial charge in [0.25, 0.3) is 0 Å². The van der Waals surface area contributed by atoms with Gasteiger partial charge in [0.15, 0.2) is 5.13 Å². The molecule has 0 aliphatic heterocycles. The highest BCUT2D eigenvalue weighted by atomic mass is 32.1. The SMILES string of the molecule is COc1cc(N)ccc1Nc1nc(-c2cccs2)cs1. The number of nitrogens with two attached hydrogens (primary N) is 1. The fourth-order valence-corrected chi connectivity index (χ4v) is 3.28. The van der Waals surface area contributed by atoms with E-state index in [4.69, 9.17) is 10.5 Å². The number of aromatic nitrogens is 1. The molecule has 102 valence electrons. The van der Waals surface area contributed by atoms with Crippen molar-refractivity contribution in [1.82, 2.24) is 4.98 Å². The first-order valence-corrected chi connectivity index (χ1v) is 7.72. The van der Waals surface area contributed by atoms with Crippen molar-refractivity contribution in [3.63, 3.8) is 0 Å². The monoisotopic (exact) mass is 303 g/mol. The second-order valence-electron chi connectivity index (χ2n) is 4.10. The Balaban J connectivity index is 1.85. The minimum absolute atomic E-state index is 0.672. The van der Waals surface area contributed by atoms with Crippen LogP contribution < -0.4 is 15.8 Å². The third-order valence-electron chi connectivity index (χ3n) is 2.74. The molecular weight excluding hydrogens is 290 g/mol. The molecule has 0 saturated heterocycles. The van der Waals surface area contributed by atoms with Crippen LogP contribution in [-0.2, 0) is 0 Å². The number of hydrogen-bond acceptors (Lipinski definition) is 6. The quantitative estimate of drug-likeness (QED) is 0.709. The summed E-state index contributed by atoms with van der Waals surface area (Å²) in [6.07, 6.45) is 0. The topological polar surface area (TPSA) is 60.2 Å². The molecule has 3 rings (SSSR count). The van der Waals surface area contributed by atoms with Crippen LogP contribution >= 0.6 is 22.7 Å². The molecule has 0 aliphatic rings. The van der Waals surface area contributed by atoms with E-state index in [1.54, 1.807) is 35.8 Å². The van der Waals surface area contributed by atoms with Crippen molar-refractivity contribution in [3.05, 3.63) is 41.1 Å². The number of nitrogens with one attached hydrogen (secondary N) is 1. The van der Waals surface area contributed by atoms with Gasteiger partial charge in [-0.2, -0.15) is 0 Å². The lowest BCUT2D eigenvalue weighted by atomic mass is 10.2. The molecule has 4 nitrogen and oxygen atoms in total. The van der Waals surface area contributed by atoms with Crippen LogP contribution in [0.4, 0.5) is 16.5 Å². The van der Waals surface area contributed by atoms with Crippen LogP contribution in [0.1, 0.15) is 0 Å². The molecule has 0 saturated carbocycles. The molecule has 2 heterocycles. The van der Waals surface area contributed by atoms with Crippen molar-refractivity contribution in [2.24, 2.45) is 0 Å². The van der Waals surface area contributed by atoms with E-state index in [0.717, 1.165) is 16.5 Å². The van der Waals surface area contributed by atoms with Crippen LogP contribution in [0.5, 0.6) is 5.75 Å². The highest BCUT2D eigenvalue weighted by Gasteiger charge is 2.08. The maximum absolute atomic E-state index is 5.75. The highest BCUT2D eigenvalue weighted by Crippen LogP contribution is 2.33. The van der Waals surface area contributed by atoms with Crippen LogP contribution in [-0.4, -0.2) is 12.1 Å². The molecule has 0 spiro atoms. The van der Waals surface area contributed by atoms with Crippen molar-refractivity contribution in [2.75, 3.05) is 18.2 Å². The van der Waals surface area contributed by atoms with Crippen LogP contribution in [0.15, 0.2) is 41.1 Å². The Kier molecular flexibility index (Phi) is 3.58. The molecule has 0 radical (unpaired) electrons. The predicted octanol–water partition coefficient (Wildman–Crippen LogP) is 4.21. The normalized spacial score (nSPS) is 10.4. The van der Waals surface area contributed by atoms with Gasteiger partial charge in [0, 0.05) is 17.1 Å². The third-order valence-corrected chi connectivity index (χ3v) is 4.40. The van der Waals surface area contributed by atoms with E-state index >= 15 is 0 Å². The second kappa shape index (κ2) is 5.52. The highest BCUT2D eigenvalue weighted by molar-refractivity contribution is 7.16. The van der Waals surface area contributed by atoms with E-state index in [9.17, 15) is 0 Å². The van der Waals surface area contributed by atoms with E-state index in [2.05, 4.69) is 16.4 Å². The maximum Gasteiger partial charge on any atom is 0.187 e. The molecule has 0 atom stereocenters. The summed E-state index contributed by atoms with van der Waals surface area (Å²) in [5.74, 6) is 0.706. The number of thiophene rings is 1. The third kappa shape index (κ3) is 2.61. The minimum Gasteiger partial charge on any atom is -0.494 e. The summed E-state index contributed by atoms with van der Waals surface area (Å²) in [5.41, 5.74) is 8.26. The molecular formula is C14H13N3OS2. The van der Waals surface area contributed by atoms with E-state index in [1.807, 2.05) is 29.0 Å². The van der Waals surface area contributed by atoms with Crippen LogP contribution in [0.25, 0.3) is 10.6 Å². The molecule has 0 aliphatic carbocycles. The van der Waals surface area contributed by atoms with E-state index in [-0.39, 0.29) is 0 Å². The lowest BCUT2D eigenvalue weighted by molar-refractivity contribution is 0.417. The number of thiazole rings is 1. The first kappa shape index (κ1) is 13.0. The van der Waals surface area contributed by atoms with E-state index in [1.165, 1.54) is 4.88 Å². The summed E-state index contributed by atoms with van der Waals surface area (Å²) in [5, 5.41) is 8.18. The van der Waals surface area contributed by atoms with Gasteiger partial charge in [-0.3, -0.25) is 0 Å². The van der Waals surface area contributed by atoms with Gasteiger partial charge in [-0.1, -0.05) is 6.07 Å². The summed E-state index contributed by atoms with van der Waals surface area (Å²) < 4.78 is 5.31. The molecule has 0 unspecified atom stereocenters. The maximum atomic E-state index is 5.75. The Morgan fingerprint density at radius 1 is 1.25 bits per heavy atom. The zero-order valence-electron chi connectivity index (χ0n) is 10.8. The number of nitrogens with zero attached hydrogens (tertiary/aromatic N) is 1. The van der Waals surface area contributed by atoms with Gasteiger partial charge in [-0.15, -0.1) is 22.7 Å². The number of ether oxygens (including phenoxy) is 1. The van der Waals surface area contributed by atoms with Gasteiger partial charge >= 0.3 is 0 Å². The lowest BCUT2D eigenvalue weighted by Crippen LogP contribution is -1.95. The van der Waals surface area contributed by atoms with Gasteiger partial charge in [0.2, 0.25) is 0 Å². The van der Waals surface area contributed by atoms with E-state index in [0.29, 0.717) is 11.4 Å². The van der Waals surface area contributed by atoms with Crippen LogP contribution in [0, 0.1) is 0 Å². The molecule has 6 heteroatoms. The summed E-state index contributed by atoms with van der Waals surface area (Å²) in [4.78, 5) is 5.74. The fourth-order valence-electron chi connectivity index (χ4n) is 1.79. The number of anilines is 3. The Morgan fingerprint density at radius 2 is 2.15 bits per heavy atom. The standard InChI is InChI=1S/C14H13N3OS2/c1-18-12-7-9(15)4-5-10(12)16-14-17-11(8-20-14)13-3-2-6-19-13/h2-8H,15H2,1H3,(H,16,17). The average molecular weight is 303 g/mol. The van der Waals surface area contributed by atoms with Crippen molar-refractivity contribution >= 4 is 39.2 Å². The summed E-state index contributed by atoms with van der Waals surface area (Å²) in [6, 6.07) is 9.60. The van der Waals surface area contributed by atoms with Gasteiger partial charge in [-0.05, 0) is 23.6 Å². The number of hydrogen-bond donors (Lipinski definition) is 2. The largest absolute Gasteiger partial charge is 0.494 e. The molecule has 20 heavy (non-hydrogen) atoms. The van der Waals surface area contributed by atoms with Gasteiger partial charge in [0.05, 0.1) is 23.4 Å². The van der Waals surface area contributed by atoms with Crippen molar-refractivity contribution < 1.29 is 4.74 Å². The number of benzene rings is 1. The lowest BCUT2D eigenvalue weighted by Gasteiger charge is -2.09. The van der Waals surface area contributed by atoms with Crippen molar-refractivity contribution in [2.45, 2.75) is 0 Å². The number of methoxy groups -OCH3 is 1. The molecule has 0 fully saturated rings. The Labute approximate surface area is 124 Å². The first-order valence-electron chi connectivity index (χ1n) is 5.96. The first-order chi connectivity index (χ1) is 9.76. The Morgan fingerprint density at radius 3 is 2.90 bits per heavy atom. The molecule has 3 N–H and O–H groups in total. The predicted molar refractivity (Wildman–Crippen MR) is 86.1 cm³/mol. The molecule has 2 aromatic heterocycles. The van der Waals surface area contributed by atoms with Gasteiger partial charge in [0.1, 0.15) is 5.75 Å². The van der Waals surface area contributed by atoms with Crippen LogP contribution in [0.3, 0.4) is 0 Å². The molecule has 0 amide bonds.